The summed E-state index contributed by atoms with van der Waals surface area (Å²) in [4.78, 5) is 0. The molecule has 1 aromatic rings. The van der Waals surface area contributed by atoms with E-state index in [9.17, 15) is 0 Å². The first-order valence-corrected chi connectivity index (χ1v) is 7.47. The fourth-order valence-electron chi connectivity index (χ4n) is 2.55. The van der Waals surface area contributed by atoms with Gasteiger partial charge < -0.3 is 9.26 Å². The lowest BCUT2D eigenvalue weighted by atomic mass is 9.98. The Kier molecular flexibility index (Phi) is 4.08. The molecule has 3 rings (SSSR count). The first kappa shape index (κ1) is 13.7. The quantitative estimate of drug-likeness (QED) is 0.762. The van der Waals surface area contributed by atoms with Gasteiger partial charge in [-0.05, 0) is 30.4 Å². The van der Waals surface area contributed by atoms with Crippen LogP contribution in [-0.2, 0) is 11.3 Å². The summed E-state index contributed by atoms with van der Waals surface area (Å²) < 4.78 is 10.9. The smallest absolute Gasteiger partial charge is 0.145 e. The van der Waals surface area contributed by atoms with Gasteiger partial charge in [0.25, 0.3) is 0 Å². The van der Waals surface area contributed by atoms with E-state index in [1.165, 1.54) is 12.8 Å². The van der Waals surface area contributed by atoms with Gasteiger partial charge in [-0.25, -0.2) is 0 Å². The van der Waals surface area contributed by atoms with E-state index in [0.29, 0.717) is 18.4 Å². The molecule has 2 aliphatic carbocycles. The number of hydrogen-bond acceptors (Lipinski definition) is 3. The number of ether oxygens (including phenoxy) is 1. The fraction of sp³-hybridized carbons (Fsp3) is 0.438. The molecule has 4 heteroatoms. The van der Waals surface area contributed by atoms with Crippen LogP contribution in [0.15, 0.2) is 34.4 Å². The minimum atomic E-state index is 0.478. The lowest BCUT2D eigenvalue weighted by molar-refractivity contribution is 0.182. The minimum Gasteiger partial charge on any atom is -0.380 e. The summed E-state index contributed by atoms with van der Waals surface area (Å²) in [6.45, 7) is 0.539. The number of rotatable bonds is 5. The van der Waals surface area contributed by atoms with Gasteiger partial charge in [-0.1, -0.05) is 29.5 Å². The van der Waals surface area contributed by atoms with Crippen LogP contribution in [0.2, 0.25) is 0 Å². The number of hydrogen-bond donors (Lipinski definition) is 0. The summed E-state index contributed by atoms with van der Waals surface area (Å²) in [5.41, 5.74) is 4.26. The third-order valence-corrected chi connectivity index (χ3v) is 4.03. The highest BCUT2D eigenvalue weighted by Crippen LogP contribution is 2.44. The normalized spacial score (nSPS) is 18.7. The van der Waals surface area contributed by atoms with Gasteiger partial charge in [0.1, 0.15) is 11.5 Å². The van der Waals surface area contributed by atoms with Gasteiger partial charge in [0.15, 0.2) is 0 Å². The van der Waals surface area contributed by atoms with Crippen molar-refractivity contribution in [1.82, 2.24) is 5.16 Å². The van der Waals surface area contributed by atoms with Crippen molar-refractivity contribution in [1.29, 1.82) is 0 Å². The molecule has 0 aliphatic heterocycles. The van der Waals surface area contributed by atoms with Gasteiger partial charge in [-0.3, -0.25) is 0 Å². The third-order valence-electron chi connectivity index (χ3n) is 3.74. The van der Waals surface area contributed by atoms with E-state index < -0.39 is 0 Å². The van der Waals surface area contributed by atoms with Gasteiger partial charge in [0.2, 0.25) is 0 Å². The average molecular weight is 292 g/mol. The van der Waals surface area contributed by atoms with Crippen LogP contribution in [0.3, 0.4) is 0 Å². The topological polar surface area (TPSA) is 35.3 Å². The Labute approximate surface area is 123 Å². The van der Waals surface area contributed by atoms with Crippen molar-refractivity contribution >= 4 is 17.2 Å². The summed E-state index contributed by atoms with van der Waals surface area (Å²) in [5.74, 6) is 2.00. The number of nitrogens with zero attached hydrogens (tertiary/aromatic N) is 1. The van der Waals surface area contributed by atoms with Crippen LogP contribution in [0.25, 0.3) is 5.57 Å². The molecule has 0 N–H and O–H groups in total. The molecule has 106 valence electrons. The molecule has 0 aromatic carbocycles. The lowest BCUT2D eigenvalue weighted by Gasteiger charge is -2.08. The van der Waals surface area contributed by atoms with Crippen molar-refractivity contribution in [2.45, 2.75) is 31.8 Å². The maximum atomic E-state index is 6.08. The lowest BCUT2D eigenvalue weighted by Crippen LogP contribution is -1.99. The minimum absolute atomic E-state index is 0.478. The van der Waals surface area contributed by atoms with E-state index in [-0.39, 0.29) is 0 Å². The first-order valence-electron chi connectivity index (χ1n) is 6.94. The van der Waals surface area contributed by atoms with Crippen molar-refractivity contribution in [3.05, 3.63) is 46.9 Å². The summed E-state index contributed by atoms with van der Waals surface area (Å²) in [5, 5.41) is 4.32. The zero-order chi connectivity index (χ0) is 13.9. The van der Waals surface area contributed by atoms with Crippen molar-refractivity contribution in [3.63, 3.8) is 0 Å². The molecule has 20 heavy (non-hydrogen) atoms. The van der Waals surface area contributed by atoms with Crippen LogP contribution in [0, 0.1) is 0 Å². The molecule has 0 unspecified atom stereocenters. The van der Waals surface area contributed by atoms with E-state index in [2.05, 4.69) is 11.2 Å². The van der Waals surface area contributed by atoms with Crippen molar-refractivity contribution in [2.75, 3.05) is 13.0 Å². The van der Waals surface area contributed by atoms with E-state index >= 15 is 0 Å². The Bertz CT molecular complexity index is 579. The Morgan fingerprint density at radius 3 is 2.95 bits per heavy atom. The van der Waals surface area contributed by atoms with E-state index in [1.54, 1.807) is 7.11 Å². The molecule has 1 aromatic heterocycles. The van der Waals surface area contributed by atoms with Crippen molar-refractivity contribution in [2.24, 2.45) is 0 Å². The molecule has 0 atom stereocenters. The third kappa shape index (κ3) is 2.60. The molecule has 1 saturated carbocycles. The van der Waals surface area contributed by atoms with Crippen LogP contribution >= 0.6 is 11.6 Å². The first-order chi connectivity index (χ1) is 9.85. The summed E-state index contributed by atoms with van der Waals surface area (Å²) >= 11 is 6.08. The predicted octanol–water partition coefficient (Wildman–Crippen LogP) is 4.21. The molecule has 3 nitrogen and oxygen atoms in total. The Balaban J connectivity index is 2.05. The standard InChI is InChI=1S/C16H18ClNO2/c1-19-10-14-15(18-20-16(14)11-7-8-11)13-6-4-2-3-5-12(13)9-17/h2-5,11H,6-10H2,1H3. The zero-order valence-corrected chi connectivity index (χ0v) is 12.3. The number of methoxy groups -OCH3 is 1. The average Bonchev–Trinajstić information content (AvgIpc) is 3.25. The van der Waals surface area contributed by atoms with Crippen LogP contribution in [-0.4, -0.2) is 18.1 Å². The zero-order valence-electron chi connectivity index (χ0n) is 11.6. The van der Waals surface area contributed by atoms with Gasteiger partial charge >= 0.3 is 0 Å². The second kappa shape index (κ2) is 5.98. The molecule has 0 amide bonds. The highest BCUT2D eigenvalue weighted by Gasteiger charge is 2.33. The van der Waals surface area contributed by atoms with Crippen molar-refractivity contribution < 1.29 is 9.26 Å². The van der Waals surface area contributed by atoms with Crippen molar-refractivity contribution in [3.8, 4) is 0 Å². The highest BCUT2D eigenvalue weighted by atomic mass is 35.5. The predicted molar refractivity (Wildman–Crippen MR) is 79.7 cm³/mol. The summed E-state index contributed by atoms with van der Waals surface area (Å²) in [6.07, 6.45) is 11.4. The Morgan fingerprint density at radius 2 is 2.25 bits per heavy atom. The molecule has 0 saturated heterocycles. The Morgan fingerprint density at radius 1 is 1.40 bits per heavy atom. The fourth-order valence-corrected chi connectivity index (χ4v) is 2.80. The molecular weight excluding hydrogens is 274 g/mol. The number of alkyl halides is 1. The number of aromatic nitrogens is 1. The van der Waals surface area contributed by atoms with E-state index in [4.69, 9.17) is 20.9 Å². The summed E-state index contributed by atoms with van der Waals surface area (Å²) in [7, 11) is 1.71. The Hall–Kier alpha value is -1.32. The SMILES string of the molecule is COCc1c(C2=C(CCl)C=CC=CC2)noc1C1CC1. The van der Waals surface area contributed by atoms with Crippen LogP contribution < -0.4 is 0 Å². The molecule has 1 heterocycles. The summed E-state index contributed by atoms with van der Waals surface area (Å²) in [6, 6.07) is 0. The maximum Gasteiger partial charge on any atom is 0.145 e. The molecule has 0 spiro atoms. The number of allylic oxidation sites excluding steroid dienone is 6. The van der Waals surface area contributed by atoms with E-state index in [0.717, 1.165) is 34.6 Å². The largest absolute Gasteiger partial charge is 0.380 e. The number of halogens is 1. The molecule has 0 bridgehead atoms. The second-order valence-corrected chi connectivity index (χ2v) is 5.48. The van der Waals surface area contributed by atoms with Gasteiger partial charge in [-0.15, -0.1) is 11.6 Å². The van der Waals surface area contributed by atoms with Crippen LogP contribution in [0.5, 0.6) is 0 Å². The molecule has 0 radical (unpaired) electrons. The molecule has 2 aliphatic rings. The van der Waals surface area contributed by atoms with Gasteiger partial charge in [-0.2, -0.15) is 0 Å². The van der Waals surface area contributed by atoms with Gasteiger partial charge in [0.05, 0.1) is 6.61 Å². The molecule has 1 fully saturated rings. The van der Waals surface area contributed by atoms with E-state index in [1.807, 2.05) is 18.2 Å². The monoisotopic (exact) mass is 291 g/mol. The van der Waals surface area contributed by atoms with Crippen LogP contribution in [0.4, 0.5) is 0 Å². The second-order valence-electron chi connectivity index (χ2n) is 5.21. The molecular formula is C16H18ClNO2. The highest BCUT2D eigenvalue weighted by molar-refractivity contribution is 6.20. The maximum absolute atomic E-state index is 6.08. The van der Waals surface area contributed by atoms with Crippen LogP contribution in [0.1, 0.15) is 42.2 Å². The van der Waals surface area contributed by atoms with Gasteiger partial charge in [0, 0.05) is 24.5 Å².